The van der Waals surface area contributed by atoms with Crippen LogP contribution in [0.15, 0.2) is 42.6 Å². The van der Waals surface area contributed by atoms with Gasteiger partial charge in [0, 0.05) is 31.5 Å². The molecule has 0 aliphatic rings. The van der Waals surface area contributed by atoms with Gasteiger partial charge in [-0.05, 0) is 37.1 Å². The van der Waals surface area contributed by atoms with E-state index in [0.29, 0.717) is 25.2 Å². The molecule has 0 saturated carbocycles. The first-order valence-corrected chi connectivity index (χ1v) is 7.15. The van der Waals surface area contributed by atoms with Gasteiger partial charge in [-0.3, -0.25) is 9.78 Å². The van der Waals surface area contributed by atoms with Gasteiger partial charge in [-0.2, -0.15) is 0 Å². The third-order valence-electron chi connectivity index (χ3n) is 3.61. The van der Waals surface area contributed by atoms with Crippen LogP contribution >= 0.6 is 0 Å². The van der Waals surface area contributed by atoms with E-state index < -0.39 is 0 Å². The van der Waals surface area contributed by atoms with Crippen molar-refractivity contribution in [2.75, 3.05) is 6.54 Å². The smallest absolute Gasteiger partial charge is 0.255 e. The quantitative estimate of drug-likeness (QED) is 0.917. The highest BCUT2D eigenvalue weighted by atomic mass is 16.2. The van der Waals surface area contributed by atoms with Crippen LogP contribution in [0.2, 0.25) is 0 Å². The van der Waals surface area contributed by atoms with Gasteiger partial charge < -0.3 is 10.6 Å². The molecule has 2 rings (SSSR count). The van der Waals surface area contributed by atoms with Gasteiger partial charge in [-0.15, -0.1) is 0 Å². The van der Waals surface area contributed by atoms with Crippen molar-refractivity contribution in [2.45, 2.75) is 26.9 Å². The van der Waals surface area contributed by atoms with E-state index >= 15 is 0 Å². The predicted octanol–water partition coefficient (Wildman–Crippen LogP) is 2.51. The van der Waals surface area contributed by atoms with E-state index in [4.69, 9.17) is 5.73 Å². The van der Waals surface area contributed by atoms with Crippen LogP contribution in [-0.4, -0.2) is 22.3 Å². The maximum absolute atomic E-state index is 12.7. The van der Waals surface area contributed by atoms with Crippen molar-refractivity contribution in [3.8, 4) is 0 Å². The Morgan fingerprint density at radius 1 is 1.19 bits per heavy atom. The van der Waals surface area contributed by atoms with Crippen molar-refractivity contribution in [1.82, 2.24) is 9.88 Å². The van der Waals surface area contributed by atoms with E-state index in [2.05, 4.69) is 4.98 Å². The molecule has 2 N–H and O–H groups in total. The van der Waals surface area contributed by atoms with Gasteiger partial charge >= 0.3 is 0 Å². The minimum atomic E-state index is 0.00919. The molecule has 110 valence electrons. The first kappa shape index (κ1) is 15.2. The number of aryl methyl sites for hydroxylation is 1. The maximum atomic E-state index is 12.7. The zero-order chi connectivity index (χ0) is 15.2. The molecule has 21 heavy (non-hydrogen) atoms. The Bertz CT molecular complexity index is 625. The summed E-state index contributed by atoms with van der Waals surface area (Å²) in [5.41, 5.74) is 9.35. The summed E-state index contributed by atoms with van der Waals surface area (Å²) < 4.78 is 0. The average Bonchev–Trinajstić information content (AvgIpc) is 2.52. The second-order valence-electron chi connectivity index (χ2n) is 4.93. The summed E-state index contributed by atoms with van der Waals surface area (Å²) in [5.74, 6) is 0.00919. The monoisotopic (exact) mass is 283 g/mol. The zero-order valence-corrected chi connectivity index (χ0v) is 12.5. The average molecular weight is 283 g/mol. The van der Waals surface area contributed by atoms with Crippen molar-refractivity contribution in [1.29, 1.82) is 0 Å². The van der Waals surface area contributed by atoms with Crippen molar-refractivity contribution in [3.63, 3.8) is 0 Å². The lowest BCUT2D eigenvalue weighted by atomic mass is 10.1. The fourth-order valence-electron chi connectivity index (χ4n) is 2.32. The first-order chi connectivity index (χ1) is 10.2. The number of pyridine rings is 1. The number of nitrogens with two attached hydrogens (primary N) is 1. The molecule has 0 saturated heterocycles. The maximum Gasteiger partial charge on any atom is 0.255 e. The number of benzene rings is 1. The summed E-state index contributed by atoms with van der Waals surface area (Å²) in [4.78, 5) is 18.7. The highest BCUT2D eigenvalue weighted by Gasteiger charge is 2.17. The molecule has 2 aromatic rings. The summed E-state index contributed by atoms with van der Waals surface area (Å²) in [7, 11) is 0. The third-order valence-corrected chi connectivity index (χ3v) is 3.61. The van der Waals surface area contributed by atoms with Crippen molar-refractivity contribution in [2.24, 2.45) is 5.73 Å². The number of hydrogen-bond donors (Lipinski definition) is 1. The second-order valence-corrected chi connectivity index (χ2v) is 4.93. The lowest BCUT2D eigenvalue weighted by molar-refractivity contribution is 0.0751. The number of rotatable bonds is 5. The van der Waals surface area contributed by atoms with E-state index in [-0.39, 0.29) is 5.91 Å². The Balaban J connectivity index is 2.24. The molecule has 0 atom stereocenters. The Hall–Kier alpha value is -2.20. The lowest BCUT2D eigenvalue weighted by Crippen LogP contribution is -2.31. The highest BCUT2D eigenvalue weighted by molar-refractivity contribution is 5.95. The van der Waals surface area contributed by atoms with Gasteiger partial charge in [0.05, 0.1) is 5.56 Å². The van der Waals surface area contributed by atoms with Crippen LogP contribution in [0.5, 0.6) is 0 Å². The van der Waals surface area contributed by atoms with Crippen LogP contribution in [0.4, 0.5) is 0 Å². The number of carbonyl (C=O) groups excluding carboxylic acids is 1. The fraction of sp³-hybridized carbons (Fsp3) is 0.294. The molecular formula is C17H21N3O. The van der Waals surface area contributed by atoms with Crippen LogP contribution in [-0.2, 0) is 13.1 Å². The van der Waals surface area contributed by atoms with E-state index in [1.165, 1.54) is 0 Å². The molecular weight excluding hydrogens is 262 g/mol. The van der Waals surface area contributed by atoms with Crippen molar-refractivity contribution >= 4 is 5.91 Å². The number of nitrogens with zero attached hydrogens (tertiary/aromatic N) is 2. The van der Waals surface area contributed by atoms with Gasteiger partial charge in [0.15, 0.2) is 0 Å². The summed E-state index contributed by atoms with van der Waals surface area (Å²) in [5, 5.41) is 0. The summed E-state index contributed by atoms with van der Waals surface area (Å²) >= 11 is 0. The number of amides is 1. The van der Waals surface area contributed by atoms with Crippen LogP contribution in [0, 0.1) is 6.92 Å². The molecule has 0 spiro atoms. The first-order valence-electron chi connectivity index (χ1n) is 7.15. The second kappa shape index (κ2) is 6.99. The molecule has 1 aromatic carbocycles. The molecule has 0 aliphatic carbocycles. The minimum Gasteiger partial charge on any atom is -0.335 e. The Labute approximate surface area is 125 Å². The van der Waals surface area contributed by atoms with Crippen molar-refractivity contribution < 1.29 is 4.79 Å². The molecule has 0 aliphatic heterocycles. The molecule has 4 heteroatoms. The van der Waals surface area contributed by atoms with Crippen LogP contribution in [0.25, 0.3) is 0 Å². The van der Waals surface area contributed by atoms with Crippen LogP contribution in [0.3, 0.4) is 0 Å². The Morgan fingerprint density at radius 3 is 2.52 bits per heavy atom. The summed E-state index contributed by atoms with van der Waals surface area (Å²) in [6, 6.07) is 11.6. The Kier molecular flexibility index (Phi) is 5.06. The van der Waals surface area contributed by atoms with Gasteiger partial charge in [0.2, 0.25) is 0 Å². The standard InChI is InChI=1S/C17H21N3O/c1-3-20(12-15-8-5-4-7-14(15)11-18)17(21)16-9-6-10-19-13(16)2/h4-10H,3,11-12,18H2,1-2H3. The summed E-state index contributed by atoms with van der Waals surface area (Å²) in [6.45, 7) is 5.53. The third kappa shape index (κ3) is 3.47. The Morgan fingerprint density at radius 2 is 1.90 bits per heavy atom. The number of carbonyl (C=O) groups is 1. The minimum absolute atomic E-state index is 0.00919. The molecule has 1 heterocycles. The molecule has 0 fully saturated rings. The molecule has 0 radical (unpaired) electrons. The highest BCUT2D eigenvalue weighted by Crippen LogP contribution is 2.15. The normalized spacial score (nSPS) is 10.4. The van der Waals surface area contributed by atoms with E-state index in [9.17, 15) is 4.79 Å². The fourth-order valence-corrected chi connectivity index (χ4v) is 2.32. The number of aromatic nitrogens is 1. The van der Waals surface area contributed by atoms with Gasteiger partial charge in [-0.1, -0.05) is 24.3 Å². The molecule has 4 nitrogen and oxygen atoms in total. The van der Waals surface area contributed by atoms with E-state index in [1.54, 1.807) is 12.3 Å². The summed E-state index contributed by atoms with van der Waals surface area (Å²) in [6.07, 6.45) is 1.70. The van der Waals surface area contributed by atoms with Gasteiger partial charge in [-0.25, -0.2) is 0 Å². The SMILES string of the molecule is CCN(Cc1ccccc1CN)C(=O)c1cccnc1C. The van der Waals surface area contributed by atoms with E-state index in [1.807, 2.05) is 49.1 Å². The lowest BCUT2D eigenvalue weighted by Gasteiger charge is -2.23. The molecule has 0 bridgehead atoms. The predicted molar refractivity (Wildman–Crippen MR) is 83.7 cm³/mol. The molecule has 1 aromatic heterocycles. The van der Waals surface area contributed by atoms with Crippen molar-refractivity contribution in [3.05, 3.63) is 65.0 Å². The molecule has 0 unspecified atom stereocenters. The largest absolute Gasteiger partial charge is 0.335 e. The van der Waals surface area contributed by atoms with Crippen LogP contribution < -0.4 is 5.73 Å². The topological polar surface area (TPSA) is 59.2 Å². The van der Waals surface area contributed by atoms with E-state index in [0.717, 1.165) is 16.8 Å². The zero-order valence-electron chi connectivity index (χ0n) is 12.5. The van der Waals surface area contributed by atoms with Gasteiger partial charge in [0.25, 0.3) is 5.91 Å². The number of hydrogen-bond acceptors (Lipinski definition) is 3. The molecule has 1 amide bonds. The van der Waals surface area contributed by atoms with Crippen LogP contribution in [0.1, 0.15) is 34.1 Å². The van der Waals surface area contributed by atoms with Gasteiger partial charge in [0.1, 0.15) is 0 Å².